The van der Waals surface area contributed by atoms with Crippen LogP contribution in [-0.4, -0.2) is 50.8 Å². The molecule has 0 saturated carbocycles. The summed E-state index contributed by atoms with van der Waals surface area (Å²) < 4.78 is 18.4. The fraction of sp³-hybridized carbons (Fsp3) is 0.455. The minimum atomic E-state index is -0.729. The number of piperidine rings is 1. The molecule has 1 saturated heterocycles. The number of pyridine rings is 1. The first-order valence-corrected chi connectivity index (χ1v) is 15.8. The lowest BCUT2D eigenvalue weighted by atomic mass is 9.80. The van der Waals surface area contributed by atoms with Crippen molar-refractivity contribution in [3.05, 3.63) is 88.7 Å². The molecule has 1 aromatic heterocycles. The summed E-state index contributed by atoms with van der Waals surface area (Å²) in [5, 5.41) is 14.2. The van der Waals surface area contributed by atoms with Gasteiger partial charge in [0.25, 0.3) is 0 Å². The van der Waals surface area contributed by atoms with Gasteiger partial charge >= 0.3 is 0 Å². The molecule has 0 aliphatic carbocycles. The molecule has 0 unspecified atom stereocenters. The van der Waals surface area contributed by atoms with E-state index < -0.39 is 15.4 Å². The summed E-state index contributed by atoms with van der Waals surface area (Å²) in [5.41, 5.74) is 5.98. The Morgan fingerprint density at radius 3 is 2.54 bits per heavy atom. The molecule has 0 spiro atoms. The van der Waals surface area contributed by atoms with Crippen molar-refractivity contribution in [1.29, 1.82) is 0 Å². The van der Waals surface area contributed by atoms with E-state index in [2.05, 4.69) is 75.0 Å². The Hall–Kier alpha value is -3.20. The second-order valence-corrected chi connectivity index (χ2v) is 15.6. The van der Waals surface area contributed by atoms with Crippen molar-refractivity contribution >= 4 is 15.5 Å². The average Bonchev–Trinajstić information content (AvgIpc) is 2.98. The van der Waals surface area contributed by atoms with Gasteiger partial charge in [-0.05, 0) is 71.8 Å². The SMILES string of the molecule is COc1cc2c(cc1OCc1ccccc1)CCN1C[C@@H](c3cc(C(C)(C)O[SiH2]C(C)(C)C)ccn3)C(=NO)C[C@H]21. The Kier molecular flexibility index (Phi) is 8.54. The minimum Gasteiger partial charge on any atom is -0.493 e. The standard InChI is InChI=1S/C33H43N3O4Si/c1-32(2,3)41-40-33(4,5)24-12-14-34-27(17-24)26-20-36-15-13-23-16-31(39-21-22-10-8-7-9-11-22)30(38-6)18-25(23)29(36)19-28(26)35-37/h7-12,14,16-18,26,29,37H,13,15,19-21,41H2,1-6H3/t26-,29+/m0/s1. The van der Waals surface area contributed by atoms with E-state index in [1.54, 1.807) is 7.11 Å². The van der Waals surface area contributed by atoms with E-state index in [1.807, 2.05) is 30.5 Å². The molecule has 218 valence electrons. The predicted molar refractivity (Wildman–Crippen MR) is 165 cm³/mol. The highest BCUT2D eigenvalue weighted by Gasteiger charge is 2.39. The minimum absolute atomic E-state index is 0.0798. The first kappa shape index (κ1) is 29.3. The molecule has 0 amide bonds. The third-order valence-corrected chi connectivity index (χ3v) is 9.91. The van der Waals surface area contributed by atoms with Gasteiger partial charge in [-0.15, -0.1) is 0 Å². The summed E-state index contributed by atoms with van der Waals surface area (Å²) in [6.45, 7) is 13.1. The van der Waals surface area contributed by atoms with Crippen LogP contribution in [0, 0.1) is 0 Å². The first-order chi connectivity index (χ1) is 19.6. The molecule has 2 aliphatic rings. The van der Waals surface area contributed by atoms with E-state index in [1.165, 1.54) is 11.1 Å². The van der Waals surface area contributed by atoms with Crippen LogP contribution in [0.5, 0.6) is 11.5 Å². The highest BCUT2D eigenvalue weighted by molar-refractivity contribution is 6.31. The highest BCUT2D eigenvalue weighted by atomic mass is 28.2. The van der Waals surface area contributed by atoms with Gasteiger partial charge < -0.3 is 19.1 Å². The summed E-state index contributed by atoms with van der Waals surface area (Å²) in [4.78, 5) is 7.24. The van der Waals surface area contributed by atoms with Gasteiger partial charge in [0.1, 0.15) is 6.61 Å². The van der Waals surface area contributed by atoms with E-state index in [0.717, 1.165) is 53.5 Å². The molecule has 41 heavy (non-hydrogen) atoms. The van der Waals surface area contributed by atoms with Crippen LogP contribution in [0.1, 0.15) is 80.9 Å². The molecule has 1 fully saturated rings. The first-order valence-electron chi connectivity index (χ1n) is 14.5. The van der Waals surface area contributed by atoms with E-state index >= 15 is 0 Å². The number of methoxy groups -OCH3 is 1. The maximum Gasteiger partial charge on any atom is 0.168 e. The van der Waals surface area contributed by atoms with Crippen LogP contribution in [0.3, 0.4) is 0 Å². The second kappa shape index (κ2) is 12.0. The van der Waals surface area contributed by atoms with Crippen LogP contribution in [0.2, 0.25) is 5.04 Å². The van der Waals surface area contributed by atoms with Crippen molar-refractivity contribution < 1.29 is 19.1 Å². The van der Waals surface area contributed by atoms with Crippen molar-refractivity contribution in [2.75, 3.05) is 20.2 Å². The highest BCUT2D eigenvalue weighted by Crippen LogP contribution is 2.44. The van der Waals surface area contributed by atoms with Crippen LogP contribution < -0.4 is 9.47 Å². The topological polar surface area (TPSA) is 76.4 Å². The normalized spacial score (nSPS) is 20.7. The van der Waals surface area contributed by atoms with Crippen LogP contribution in [0.15, 0.2) is 65.9 Å². The van der Waals surface area contributed by atoms with Crippen molar-refractivity contribution in [2.24, 2.45) is 5.16 Å². The van der Waals surface area contributed by atoms with Crippen LogP contribution in [0.25, 0.3) is 0 Å². The molecule has 2 aromatic carbocycles. The lowest BCUT2D eigenvalue weighted by molar-refractivity contribution is 0.109. The zero-order chi connectivity index (χ0) is 29.2. The van der Waals surface area contributed by atoms with Crippen LogP contribution in [0.4, 0.5) is 0 Å². The number of benzene rings is 2. The summed E-state index contributed by atoms with van der Waals surface area (Å²) in [6.07, 6.45) is 3.41. The summed E-state index contributed by atoms with van der Waals surface area (Å²) in [5.74, 6) is 1.40. The maximum absolute atomic E-state index is 10.2. The zero-order valence-electron chi connectivity index (χ0n) is 25.2. The van der Waals surface area contributed by atoms with Crippen molar-refractivity contribution in [3.63, 3.8) is 0 Å². The second-order valence-electron chi connectivity index (χ2n) is 12.9. The Labute approximate surface area is 246 Å². The van der Waals surface area contributed by atoms with E-state index in [9.17, 15) is 5.21 Å². The van der Waals surface area contributed by atoms with E-state index in [4.69, 9.17) is 18.9 Å². The van der Waals surface area contributed by atoms with Gasteiger partial charge in [0, 0.05) is 31.7 Å². The van der Waals surface area contributed by atoms with E-state index in [-0.39, 0.29) is 17.0 Å². The number of hydrogen-bond acceptors (Lipinski definition) is 7. The molecule has 0 radical (unpaired) electrons. The Morgan fingerprint density at radius 1 is 1.05 bits per heavy atom. The number of ether oxygens (including phenoxy) is 2. The van der Waals surface area contributed by atoms with Gasteiger partial charge in [-0.3, -0.25) is 9.88 Å². The Bertz CT molecular complexity index is 1390. The van der Waals surface area contributed by atoms with Gasteiger partial charge in [0.2, 0.25) is 0 Å². The van der Waals surface area contributed by atoms with Crippen molar-refractivity contribution in [1.82, 2.24) is 9.88 Å². The van der Waals surface area contributed by atoms with Crippen molar-refractivity contribution in [3.8, 4) is 11.5 Å². The quantitative estimate of drug-likeness (QED) is 0.198. The third-order valence-electron chi connectivity index (χ3n) is 8.18. The third kappa shape index (κ3) is 6.66. The molecule has 2 aliphatic heterocycles. The van der Waals surface area contributed by atoms with Crippen LogP contribution in [-0.2, 0) is 23.1 Å². The molecular weight excluding hydrogens is 530 g/mol. The van der Waals surface area contributed by atoms with Gasteiger partial charge in [-0.25, -0.2) is 0 Å². The zero-order valence-corrected chi connectivity index (χ0v) is 26.6. The van der Waals surface area contributed by atoms with Gasteiger partial charge in [-0.1, -0.05) is 56.3 Å². The molecule has 7 nitrogen and oxygen atoms in total. The molecule has 1 N–H and O–H groups in total. The summed E-state index contributed by atoms with van der Waals surface area (Å²) in [6, 6.07) is 18.7. The molecule has 5 rings (SSSR count). The van der Waals surface area contributed by atoms with Crippen LogP contribution >= 0.6 is 0 Å². The lowest BCUT2D eigenvalue weighted by Gasteiger charge is -2.44. The average molecular weight is 574 g/mol. The molecule has 0 bridgehead atoms. The summed E-state index contributed by atoms with van der Waals surface area (Å²) in [7, 11) is 0.955. The summed E-state index contributed by atoms with van der Waals surface area (Å²) >= 11 is 0. The van der Waals surface area contributed by atoms with Gasteiger partial charge in [0.15, 0.2) is 21.3 Å². The van der Waals surface area contributed by atoms with Crippen molar-refractivity contribution in [2.45, 2.75) is 76.7 Å². The monoisotopic (exact) mass is 573 g/mol. The number of fused-ring (bicyclic) bond motifs is 3. The molecule has 8 heteroatoms. The van der Waals surface area contributed by atoms with E-state index in [0.29, 0.717) is 13.0 Å². The Balaban J connectivity index is 1.36. The van der Waals surface area contributed by atoms with Gasteiger partial charge in [-0.2, -0.15) is 0 Å². The number of oxime groups is 1. The molecule has 3 heterocycles. The number of rotatable bonds is 8. The maximum atomic E-state index is 10.2. The number of aromatic nitrogens is 1. The molecule has 2 atom stereocenters. The smallest absolute Gasteiger partial charge is 0.168 e. The fourth-order valence-corrected chi connectivity index (χ4v) is 6.74. The van der Waals surface area contributed by atoms with Gasteiger partial charge in [0.05, 0.1) is 30.0 Å². The Morgan fingerprint density at radius 2 is 1.83 bits per heavy atom. The lowest BCUT2D eigenvalue weighted by Crippen LogP contribution is -2.45. The largest absolute Gasteiger partial charge is 0.493 e. The number of nitrogens with zero attached hydrogens (tertiary/aromatic N) is 3. The fourth-order valence-electron chi connectivity index (χ4n) is 5.77. The molecular formula is C33H43N3O4Si. The molecule has 3 aromatic rings. The predicted octanol–water partition coefficient (Wildman–Crippen LogP) is 6.14. The number of hydrogen-bond donors (Lipinski definition) is 1.